The van der Waals surface area contributed by atoms with Crippen molar-refractivity contribution < 1.29 is 14.7 Å². The van der Waals surface area contributed by atoms with Crippen LogP contribution in [0.15, 0.2) is 48.5 Å². The largest absolute Gasteiger partial charge is 0.389 e. The van der Waals surface area contributed by atoms with Gasteiger partial charge in [0.05, 0.1) is 12.6 Å². The molecule has 25 heavy (non-hydrogen) atoms. The van der Waals surface area contributed by atoms with Gasteiger partial charge in [-0.1, -0.05) is 48.0 Å². The predicted molar refractivity (Wildman–Crippen MR) is 98.2 cm³/mol. The minimum Gasteiger partial charge on any atom is -0.389 e. The van der Waals surface area contributed by atoms with Crippen LogP contribution in [-0.4, -0.2) is 23.5 Å². The average Bonchev–Trinajstić information content (AvgIpc) is 2.59. The van der Waals surface area contributed by atoms with Crippen molar-refractivity contribution in [3.63, 3.8) is 0 Å². The number of aliphatic hydroxyl groups is 1. The van der Waals surface area contributed by atoms with Gasteiger partial charge in [-0.2, -0.15) is 0 Å². The molecular weight excluding hydrogens is 316 g/mol. The second-order valence-electron chi connectivity index (χ2n) is 6.07. The number of aryl methyl sites for hydroxylation is 2. The Morgan fingerprint density at radius 1 is 1.04 bits per heavy atom. The van der Waals surface area contributed by atoms with Crippen LogP contribution in [-0.2, 0) is 16.0 Å². The second-order valence-corrected chi connectivity index (χ2v) is 6.07. The first-order valence-electron chi connectivity index (χ1n) is 8.35. The first-order chi connectivity index (χ1) is 12.0. The average molecular weight is 340 g/mol. The molecule has 2 aromatic rings. The quantitative estimate of drug-likeness (QED) is 0.725. The number of benzene rings is 2. The van der Waals surface area contributed by atoms with Gasteiger partial charge < -0.3 is 15.7 Å². The molecule has 0 saturated carbocycles. The van der Waals surface area contributed by atoms with E-state index in [2.05, 4.69) is 10.6 Å². The van der Waals surface area contributed by atoms with Crippen molar-refractivity contribution in [2.75, 3.05) is 11.9 Å². The van der Waals surface area contributed by atoms with E-state index >= 15 is 0 Å². The number of hydrogen-bond acceptors (Lipinski definition) is 3. The lowest BCUT2D eigenvalue weighted by atomic mass is 10.1. The number of carbonyl (C=O) groups excluding carboxylic acids is 2. The van der Waals surface area contributed by atoms with E-state index in [0.717, 1.165) is 5.56 Å². The molecule has 2 amide bonds. The molecule has 0 radical (unpaired) electrons. The van der Waals surface area contributed by atoms with E-state index in [0.29, 0.717) is 24.1 Å². The zero-order valence-corrected chi connectivity index (χ0v) is 14.6. The van der Waals surface area contributed by atoms with Crippen molar-refractivity contribution in [1.29, 1.82) is 0 Å². The van der Waals surface area contributed by atoms with Crippen molar-refractivity contribution in [1.82, 2.24) is 5.32 Å². The Morgan fingerprint density at radius 2 is 1.72 bits per heavy atom. The molecule has 1 atom stereocenters. The highest BCUT2D eigenvalue weighted by molar-refractivity contribution is 5.95. The van der Waals surface area contributed by atoms with E-state index in [1.165, 1.54) is 5.56 Å². The number of nitrogens with one attached hydrogen (secondary N) is 2. The second kappa shape index (κ2) is 8.99. The third-order valence-electron chi connectivity index (χ3n) is 3.89. The standard InChI is InChI=1S/C20H24N2O3/c1-14-7-9-16(10-8-14)11-12-19(24)21-13-20(25)22-18-6-4-3-5-17(18)15(2)23/h3-10,15,23H,11-13H2,1-2H3,(H,21,24)(H,22,25)/t15-/m1/s1. The SMILES string of the molecule is Cc1ccc(CCC(=O)NCC(=O)Nc2ccccc2[C@@H](C)O)cc1. The summed E-state index contributed by atoms with van der Waals surface area (Å²) in [5, 5.41) is 15.0. The van der Waals surface area contributed by atoms with Crippen molar-refractivity contribution in [3.8, 4) is 0 Å². The Morgan fingerprint density at radius 3 is 2.40 bits per heavy atom. The molecule has 0 spiro atoms. The number of hydrogen-bond donors (Lipinski definition) is 3. The molecule has 5 heteroatoms. The van der Waals surface area contributed by atoms with E-state index in [4.69, 9.17) is 0 Å². The van der Waals surface area contributed by atoms with Crippen LogP contribution < -0.4 is 10.6 Å². The summed E-state index contributed by atoms with van der Waals surface area (Å²) in [6.45, 7) is 3.56. The van der Waals surface area contributed by atoms with E-state index in [1.54, 1.807) is 31.2 Å². The Balaban J connectivity index is 1.78. The van der Waals surface area contributed by atoms with Gasteiger partial charge in [-0.3, -0.25) is 9.59 Å². The minimum atomic E-state index is -0.680. The topological polar surface area (TPSA) is 78.4 Å². The number of anilines is 1. The molecule has 2 aromatic carbocycles. The van der Waals surface area contributed by atoms with Crippen molar-refractivity contribution in [2.45, 2.75) is 32.8 Å². The van der Waals surface area contributed by atoms with Gasteiger partial charge >= 0.3 is 0 Å². The van der Waals surface area contributed by atoms with E-state index < -0.39 is 6.10 Å². The minimum absolute atomic E-state index is 0.0964. The number of rotatable bonds is 7. The number of carbonyl (C=O) groups is 2. The highest BCUT2D eigenvalue weighted by Gasteiger charge is 2.11. The number of para-hydroxylation sites is 1. The van der Waals surface area contributed by atoms with Crippen LogP contribution >= 0.6 is 0 Å². The summed E-state index contributed by atoms with van der Waals surface area (Å²) in [6, 6.07) is 15.1. The zero-order chi connectivity index (χ0) is 18.2. The summed E-state index contributed by atoms with van der Waals surface area (Å²) in [4.78, 5) is 23.9. The predicted octanol–water partition coefficient (Wildman–Crippen LogP) is 2.74. The van der Waals surface area contributed by atoms with E-state index in [-0.39, 0.29) is 18.4 Å². The van der Waals surface area contributed by atoms with Crippen molar-refractivity contribution >= 4 is 17.5 Å². The molecule has 0 unspecified atom stereocenters. The maximum atomic E-state index is 12.0. The van der Waals surface area contributed by atoms with E-state index in [1.807, 2.05) is 31.2 Å². The fourth-order valence-corrected chi connectivity index (χ4v) is 2.45. The first kappa shape index (κ1) is 18.7. The van der Waals surface area contributed by atoms with Crippen LogP contribution in [0, 0.1) is 6.92 Å². The van der Waals surface area contributed by atoms with Crippen LogP contribution in [0.5, 0.6) is 0 Å². The lowest BCUT2D eigenvalue weighted by Gasteiger charge is -2.13. The maximum absolute atomic E-state index is 12.0. The highest BCUT2D eigenvalue weighted by atomic mass is 16.3. The summed E-state index contributed by atoms with van der Waals surface area (Å²) >= 11 is 0. The number of aliphatic hydroxyl groups excluding tert-OH is 1. The lowest BCUT2D eigenvalue weighted by Crippen LogP contribution is -2.33. The molecule has 2 rings (SSSR count). The van der Waals surface area contributed by atoms with Crippen LogP contribution in [0.3, 0.4) is 0 Å². The van der Waals surface area contributed by atoms with E-state index in [9.17, 15) is 14.7 Å². The van der Waals surface area contributed by atoms with Crippen LogP contribution in [0.2, 0.25) is 0 Å². The van der Waals surface area contributed by atoms with Gasteiger partial charge in [-0.25, -0.2) is 0 Å². The van der Waals surface area contributed by atoms with Gasteiger partial charge in [0.1, 0.15) is 0 Å². The smallest absolute Gasteiger partial charge is 0.243 e. The normalized spacial score (nSPS) is 11.6. The van der Waals surface area contributed by atoms with Crippen molar-refractivity contribution in [3.05, 3.63) is 65.2 Å². The molecular formula is C20H24N2O3. The Hall–Kier alpha value is -2.66. The van der Waals surface area contributed by atoms with Crippen LogP contribution in [0.25, 0.3) is 0 Å². The summed E-state index contributed by atoms with van der Waals surface area (Å²) < 4.78 is 0. The van der Waals surface area contributed by atoms with Gasteiger partial charge in [0.15, 0.2) is 0 Å². The molecule has 0 aromatic heterocycles. The van der Waals surface area contributed by atoms with Crippen molar-refractivity contribution in [2.24, 2.45) is 0 Å². The Labute approximate surface area is 148 Å². The zero-order valence-electron chi connectivity index (χ0n) is 14.6. The molecule has 0 fully saturated rings. The lowest BCUT2D eigenvalue weighted by molar-refractivity contribution is -0.124. The maximum Gasteiger partial charge on any atom is 0.243 e. The highest BCUT2D eigenvalue weighted by Crippen LogP contribution is 2.21. The molecule has 5 nitrogen and oxygen atoms in total. The third-order valence-corrected chi connectivity index (χ3v) is 3.89. The van der Waals surface area contributed by atoms with Gasteiger partial charge in [-0.05, 0) is 31.9 Å². The molecule has 3 N–H and O–H groups in total. The Bertz CT molecular complexity index is 724. The molecule has 0 aliphatic carbocycles. The Kier molecular flexibility index (Phi) is 6.71. The summed E-state index contributed by atoms with van der Waals surface area (Å²) in [5.74, 6) is -0.490. The summed E-state index contributed by atoms with van der Waals surface area (Å²) in [5.41, 5.74) is 3.47. The van der Waals surface area contributed by atoms with Crippen LogP contribution in [0.1, 0.15) is 36.1 Å². The number of amides is 2. The fourth-order valence-electron chi connectivity index (χ4n) is 2.45. The molecule has 132 valence electrons. The summed E-state index contributed by atoms with van der Waals surface area (Å²) in [7, 11) is 0. The monoisotopic (exact) mass is 340 g/mol. The third kappa shape index (κ3) is 6.04. The van der Waals surface area contributed by atoms with Gasteiger partial charge in [0.25, 0.3) is 0 Å². The van der Waals surface area contributed by atoms with Crippen LogP contribution in [0.4, 0.5) is 5.69 Å². The fraction of sp³-hybridized carbons (Fsp3) is 0.300. The van der Waals surface area contributed by atoms with Gasteiger partial charge in [-0.15, -0.1) is 0 Å². The molecule has 0 saturated heterocycles. The molecule has 0 bridgehead atoms. The molecule has 0 aliphatic heterocycles. The molecule has 0 aliphatic rings. The summed E-state index contributed by atoms with van der Waals surface area (Å²) in [6.07, 6.45) is 0.291. The first-order valence-corrected chi connectivity index (χ1v) is 8.35. The van der Waals surface area contributed by atoms with Gasteiger partial charge in [0, 0.05) is 17.7 Å². The molecule has 0 heterocycles. The van der Waals surface area contributed by atoms with Gasteiger partial charge in [0.2, 0.25) is 11.8 Å².